The Bertz CT molecular complexity index is 719. The number of anilines is 1. The fourth-order valence-corrected chi connectivity index (χ4v) is 1.84. The van der Waals surface area contributed by atoms with E-state index in [9.17, 15) is 19.3 Å². The van der Waals surface area contributed by atoms with E-state index >= 15 is 0 Å². The van der Waals surface area contributed by atoms with Gasteiger partial charge in [-0.25, -0.2) is 9.18 Å². The zero-order valence-corrected chi connectivity index (χ0v) is 11.8. The Kier molecular flexibility index (Phi) is 4.67. The second-order valence-corrected chi connectivity index (χ2v) is 4.66. The molecule has 0 bridgehead atoms. The van der Waals surface area contributed by atoms with Gasteiger partial charge in [0, 0.05) is 24.2 Å². The molecular weight excluding hydrogens is 289 g/mol. The third-order valence-corrected chi connectivity index (χ3v) is 3.08. The van der Waals surface area contributed by atoms with E-state index in [1.165, 1.54) is 18.2 Å². The van der Waals surface area contributed by atoms with Crippen LogP contribution in [0.4, 0.5) is 20.6 Å². The first-order valence-corrected chi connectivity index (χ1v) is 6.50. The Balaban J connectivity index is 2.02. The number of nitro benzene ring substituents is 1. The Hall–Kier alpha value is -2.96. The molecule has 2 rings (SSSR count). The molecule has 0 fully saturated rings. The summed E-state index contributed by atoms with van der Waals surface area (Å²) in [7, 11) is 0. The van der Waals surface area contributed by atoms with Crippen molar-refractivity contribution in [1.29, 1.82) is 0 Å². The van der Waals surface area contributed by atoms with Crippen LogP contribution >= 0.6 is 0 Å². The third kappa shape index (κ3) is 3.78. The highest BCUT2D eigenvalue weighted by Gasteiger charge is 2.11. The van der Waals surface area contributed by atoms with Gasteiger partial charge in [0.05, 0.1) is 10.6 Å². The summed E-state index contributed by atoms with van der Waals surface area (Å²) in [4.78, 5) is 22.0. The van der Waals surface area contributed by atoms with E-state index in [4.69, 9.17) is 0 Å². The number of hydrogen-bond acceptors (Lipinski definition) is 3. The zero-order chi connectivity index (χ0) is 16.1. The smallest absolute Gasteiger partial charge is 0.319 e. The first-order chi connectivity index (χ1) is 10.5. The van der Waals surface area contributed by atoms with E-state index in [1.807, 2.05) is 0 Å². The van der Waals surface area contributed by atoms with E-state index in [2.05, 4.69) is 10.6 Å². The first-order valence-electron chi connectivity index (χ1n) is 6.50. The van der Waals surface area contributed by atoms with Gasteiger partial charge >= 0.3 is 6.03 Å². The van der Waals surface area contributed by atoms with Gasteiger partial charge in [-0.15, -0.1) is 0 Å². The van der Waals surface area contributed by atoms with Crippen LogP contribution < -0.4 is 10.6 Å². The Labute approximate surface area is 126 Å². The number of carbonyl (C=O) groups excluding carboxylic acids is 1. The summed E-state index contributed by atoms with van der Waals surface area (Å²) in [5.41, 5.74) is 1.26. The summed E-state index contributed by atoms with van der Waals surface area (Å²) in [6.07, 6.45) is 0. The number of nitrogens with zero attached hydrogens (tertiary/aromatic N) is 1. The number of amides is 2. The number of non-ortho nitro benzene ring substituents is 1. The normalized spacial score (nSPS) is 10.1. The summed E-state index contributed by atoms with van der Waals surface area (Å²) in [5, 5.41) is 15.8. The highest BCUT2D eigenvalue weighted by atomic mass is 19.1. The number of nitrogens with one attached hydrogen (secondary N) is 2. The van der Waals surface area contributed by atoms with Crippen molar-refractivity contribution in [2.45, 2.75) is 13.5 Å². The van der Waals surface area contributed by atoms with Crippen molar-refractivity contribution in [1.82, 2.24) is 5.32 Å². The summed E-state index contributed by atoms with van der Waals surface area (Å²) < 4.78 is 13.4. The second-order valence-electron chi connectivity index (χ2n) is 4.66. The Morgan fingerprint density at radius 3 is 2.68 bits per heavy atom. The van der Waals surface area contributed by atoms with Crippen molar-refractivity contribution in [2.75, 3.05) is 5.32 Å². The van der Waals surface area contributed by atoms with Crippen LogP contribution in [0.25, 0.3) is 0 Å². The van der Waals surface area contributed by atoms with Gasteiger partial charge in [-0.05, 0) is 18.6 Å². The molecule has 2 aromatic rings. The van der Waals surface area contributed by atoms with Crippen LogP contribution in [0, 0.1) is 22.9 Å². The lowest BCUT2D eigenvalue weighted by Crippen LogP contribution is -2.28. The van der Waals surface area contributed by atoms with Crippen LogP contribution in [0.3, 0.4) is 0 Å². The third-order valence-electron chi connectivity index (χ3n) is 3.08. The molecule has 0 radical (unpaired) electrons. The van der Waals surface area contributed by atoms with E-state index < -0.39 is 16.8 Å². The number of halogens is 1. The van der Waals surface area contributed by atoms with Crippen LogP contribution in [-0.4, -0.2) is 11.0 Å². The molecule has 2 amide bonds. The second kappa shape index (κ2) is 6.66. The molecule has 0 unspecified atom stereocenters. The number of benzene rings is 2. The van der Waals surface area contributed by atoms with Crippen molar-refractivity contribution in [3.8, 4) is 0 Å². The molecule has 0 aliphatic carbocycles. The van der Waals surface area contributed by atoms with Crippen molar-refractivity contribution in [3.63, 3.8) is 0 Å². The molecular formula is C15H14FN3O3. The van der Waals surface area contributed by atoms with E-state index in [0.717, 1.165) is 0 Å². The summed E-state index contributed by atoms with van der Waals surface area (Å²) in [6, 6.07) is 9.72. The molecule has 0 atom stereocenters. The molecule has 0 spiro atoms. The van der Waals surface area contributed by atoms with Crippen molar-refractivity contribution >= 4 is 17.4 Å². The number of hydrogen-bond donors (Lipinski definition) is 2. The van der Waals surface area contributed by atoms with Gasteiger partial charge in [0.15, 0.2) is 0 Å². The highest BCUT2D eigenvalue weighted by molar-refractivity contribution is 5.90. The van der Waals surface area contributed by atoms with E-state index in [0.29, 0.717) is 16.8 Å². The maximum absolute atomic E-state index is 13.4. The van der Waals surface area contributed by atoms with Crippen LogP contribution in [0.5, 0.6) is 0 Å². The minimum Gasteiger partial charge on any atom is -0.334 e. The molecule has 0 saturated carbocycles. The molecule has 7 heteroatoms. The fraction of sp³-hybridized carbons (Fsp3) is 0.133. The molecule has 0 aromatic heterocycles. The van der Waals surface area contributed by atoms with Gasteiger partial charge in [0.25, 0.3) is 5.69 Å². The monoisotopic (exact) mass is 303 g/mol. The first kappa shape index (κ1) is 15.4. The Morgan fingerprint density at radius 1 is 1.27 bits per heavy atom. The number of rotatable bonds is 4. The number of urea groups is 1. The van der Waals surface area contributed by atoms with Gasteiger partial charge < -0.3 is 10.6 Å². The highest BCUT2D eigenvalue weighted by Crippen LogP contribution is 2.21. The molecule has 0 aliphatic heterocycles. The van der Waals surface area contributed by atoms with Gasteiger partial charge in [0.2, 0.25) is 0 Å². The zero-order valence-electron chi connectivity index (χ0n) is 11.8. The standard InChI is InChI=1S/C15H14FN3O3/c1-10-6-7-12(19(21)22)8-14(10)18-15(20)17-9-11-4-2-3-5-13(11)16/h2-8H,9H2,1H3,(H2,17,18,20). The van der Waals surface area contributed by atoms with Gasteiger partial charge in [-0.3, -0.25) is 10.1 Å². The quantitative estimate of drug-likeness (QED) is 0.671. The number of aryl methyl sites for hydroxylation is 1. The minimum absolute atomic E-state index is 0.0203. The summed E-state index contributed by atoms with van der Waals surface area (Å²) in [6.45, 7) is 1.74. The summed E-state index contributed by atoms with van der Waals surface area (Å²) in [5.74, 6) is -0.408. The van der Waals surface area contributed by atoms with E-state index in [1.54, 1.807) is 31.2 Å². The number of carbonyl (C=O) groups is 1. The SMILES string of the molecule is Cc1ccc([N+](=O)[O-])cc1NC(=O)NCc1ccccc1F. The average molecular weight is 303 g/mol. The lowest BCUT2D eigenvalue weighted by molar-refractivity contribution is -0.384. The van der Waals surface area contributed by atoms with Crippen LogP contribution in [-0.2, 0) is 6.54 Å². The minimum atomic E-state index is -0.563. The fourth-order valence-electron chi connectivity index (χ4n) is 1.84. The lowest BCUT2D eigenvalue weighted by atomic mass is 10.2. The van der Waals surface area contributed by atoms with E-state index in [-0.39, 0.29) is 12.2 Å². The van der Waals surface area contributed by atoms with Crippen LogP contribution in [0.2, 0.25) is 0 Å². The van der Waals surface area contributed by atoms with Gasteiger partial charge in [-0.2, -0.15) is 0 Å². The topological polar surface area (TPSA) is 84.3 Å². The Morgan fingerprint density at radius 2 is 2.00 bits per heavy atom. The molecule has 2 aromatic carbocycles. The molecule has 0 aliphatic rings. The van der Waals surface area contributed by atoms with Crippen LogP contribution in [0.1, 0.15) is 11.1 Å². The molecule has 114 valence electrons. The maximum Gasteiger partial charge on any atom is 0.319 e. The maximum atomic E-state index is 13.4. The predicted molar refractivity (Wildman–Crippen MR) is 80.1 cm³/mol. The molecule has 0 heterocycles. The van der Waals surface area contributed by atoms with Gasteiger partial charge in [-0.1, -0.05) is 24.3 Å². The summed E-state index contributed by atoms with van der Waals surface area (Å²) >= 11 is 0. The largest absolute Gasteiger partial charge is 0.334 e. The van der Waals surface area contributed by atoms with Crippen molar-refractivity contribution < 1.29 is 14.1 Å². The predicted octanol–water partition coefficient (Wildman–Crippen LogP) is 3.36. The van der Waals surface area contributed by atoms with Crippen molar-refractivity contribution in [2.24, 2.45) is 0 Å². The molecule has 2 N–H and O–H groups in total. The lowest BCUT2D eigenvalue weighted by Gasteiger charge is -2.10. The van der Waals surface area contributed by atoms with Crippen LogP contribution in [0.15, 0.2) is 42.5 Å². The number of nitro groups is 1. The molecule has 6 nitrogen and oxygen atoms in total. The molecule has 0 saturated heterocycles. The average Bonchev–Trinajstić information content (AvgIpc) is 2.48. The molecule has 22 heavy (non-hydrogen) atoms. The van der Waals surface area contributed by atoms with Gasteiger partial charge in [0.1, 0.15) is 5.82 Å². The van der Waals surface area contributed by atoms with Crippen molar-refractivity contribution in [3.05, 3.63) is 69.5 Å².